The van der Waals surface area contributed by atoms with Gasteiger partial charge in [-0.25, -0.2) is 9.59 Å². The Morgan fingerprint density at radius 3 is 2.83 bits per heavy atom. The average Bonchev–Trinajstić information content (AvgIpc) is 2.38. The van der Waals surface area contributed by atoms with Gasteiger partial charge in [0.05, 0.1) is 13.7 Å². The van der Waals surface area contributed by atoms with Gasteiger partial charge in [-0.3, -0.25) is 0 Å². The van der Waals surface area contributed by atoms with Gasteiger partial charge in [0.2, 0.25) is 0 Å². The number of rotatable bonds is 3. The van der Waals surface area contributed by atoms with E-state index < -0.39 is 11.6 Å². The topological polar surface area (TPSA) is 65.7 Å². The molecule has 0 saturated heterocycles. The number of esters is 1. The molecule has 0 aliphatic carbocycles. The zero-order chi connectivity index (χ0) is 13.1. The molecule has 0 aliphatic heterocycles. The van der Waals surface area contributed by atoms with Gasteiger partial charge in [0.15, 0.2) is 0 Å². The SMILES string of the molecule is CCOC(=O)c1coc(=O)c2c(OC)cccc12. The van der Waals surface area contributed by atoms with Crippen molar-refractivity contribution in [1.29, 1.82) is 0 Å². The van der Waals surface area contributed by atoms with E-state index in [1.165, 1.54) is 7.11 Å². The van der Waals surface area contributed by atoms with Gasteiger partial charge in [-0.2, -0.15) is 0 Å². The van der Waals surface area contributed by atoms with Crippen molar-refractivity contribution in [3.05, 3.63) is 40.4 Å². The third kappa shape index (κ3) is 1.95. The predicted octanol–water partition coefficient (Wildman–Crippen LogP) is 1.98. The van der Waals surface area contributed by atoms with Crippen LogP contribution in [0.15, 0.2) is 33.7 Å². The van der Waals surface area contributed by atoms with Crippen LogP contribution in [0.4, 0.5) is 0 Å². The minimum absolute atomic E-state index is 0.213. The van der Waals surface area contributed by atoms with Crippen molar-refractivity contribution in [2.24, 2.45) is 0 Å². The second-order valence-corrected chi connectivity index (χ2v) is 3.54. The molecule has 0 bridgehead atoms. The lowest BCUT2D eigenvalue weighted by molar-refractivity contribution is 0.0526. The van der Waals surface area contributed by atoms with E-state index in [0.29, 0.717) is 11.1 Å². The van der Waals surface area contributed by atoms with Gasteiger partial charge in [-0.15, -0.1) is 0 Å². The second-order valence-electron chi connectivity index (χ2n) is 3.54. The van der Waals surface area contributed by atoms with Gasteiger partial charge in [-0.1, -0.05) is 12.1 Å². The van der Waals surface area contributed by atoms with E-state index in [2.05, 4.69) is 0 Å². The molecule has 5 heteroatoms. The van der Waals surface area contributed by atoms with Crippen molar-refractivity contribution < 1.29 is 18.7 Å². The number of hydrogen-bond acceptors (Lipinski definition) is 5. The molecular formula is C13H12O5. The summed E-state index contributed by atoms with van der Waals surface area (Å²) in [4.78, 5) is 23.4. The zero-order valence-electron chi connectivity index (χ0n) is 10.1. The van der Waals surface area contributed by atoms with Crippen molar-refractivity contribution in [2.75, 3.05) is 13.7 Å². The molecule has 0 radical (unpaired) electrons. The lowest BCUT2D eigenvalue weighted by Crippen LogP contribution is -2.09. The zero-order valence-corrected chi connectivity index (χ0v) is 10.1. The van der Waals surface area contributed by atoms with Gasteiger partial charge >= 0.3 is 11.6 Å². The third-order valence-electron chi connectivity index (χ3n) is 2.52. The molecule has 0 aliphatic rings. The number of carbonyl (C=O) groups excluding carboxylic acids is 1. The average molecular weight is 248 g/mol. The Balaban J connectivity index is 2.75. The number of methoxy groups -OCH3 is 1. The first-order valence-electron chi connectivity index (χ1n) is 5.44. The summed E-state index contributed by atoms with van der Waals surface area (Å²) in [6, 6.07) is 4.98. The van der Waals surface area contributed by atoms with Crippen molar-refractivity contribution >= 4 is 16.7 Å². The Morgan fingerprint density at radius 2 is 2.17 bits per heavy atom. The maximum absolute atomic E-state index is 11.7. The number of ether oxygens (including phenoxy) is 2. The van der Waals surface area contributed by atoms with Gasteiger partial charge in [0, 0.05) is 5.39 Å². The Bertz CT molecular complexity index is 641. The third-order valence-corrected chi connectivity index (χ3v) is 2.52. The fourth-order valence-corrected chi connectivity index (χ4v) is 1.74. The highest BCUT2D eigenvalue weighted by Gasteiger charge is 2.16. The van der Waals surface area contributed by atoms with Crippen LogP contribution >= 0.6 is 0 Å². The van der Waals surface area contributed by atoms with E-state index in [-0.39, 0.29) is 17.6 Å². The van der Waals surface area contributed by atoms with Crippen molar-refractivity contribution in [1.82, 2.24) is 0 Å². The molecule has 0 saturated carbocycles. The first kappa shape index (κ1) is 12.2. The first-order chi connectivity index (χ1) is 8.69. The quantitative estimate of drug-likeness (QED) is 0.777. The van der Waals surface area contributed by atoms with Crippen LogP contribution < -0.4 is 10.4 Å². The molecule has 0 fully saturated rings. The molecule has 94 valence electrons. The maximum Gasteiger partial charge on any atom is 0.347 e. The molecule has 0 unspecified atom stereocenters. The first-order valence-corrected chi connectivity index (χ1v) is 5.44. The van der Waals surface area contributed by atoms with Crippen LogP contribution in [0.5, 0.6) is 5.75 Å². The monoisotopic (exact) mass is 248 g/mol. The summed E-state index contributed by atoms with van der Waals surface area (Å²) in [6.07, 6.45) is 1.11. The molecule has 0 atom stereocenters. The molecule has 0 spiro atoms. The number of hydrogen-bond donors (Lipinski definition) is 0. The van der Waals surface area contributed by atoms with Gasteiger partial charge in [0.25, 0.3) is 0 Å². The minimum atomic E-state index is -0.546. The van der Waals surface area contributed by atoms with Crippen LogP contribution in [0, 0.1) is 0 Å². The summed E-state index contributed by atoms with van der Waals surface area (Å²) in [7, 11) is 1.45. The van der Waals surface area contributed by atoms with Crippen LogP contribution in [-0.2, 0) is 4.74 Å². The molecule has 5 nitrogen and oxygen atoms in total. The summed E-state index contributed by atoms with van der Waals surface area (Å²) in [5, 5.41) is 0.703. The molecule has 0 N–H and O–H groups in total. The maximum atomic E-state index is 11.7. The molecule has 1 heterocycles. The van der Waals surface area contributed by atoms with E-state index in [9.17, 15) is 9.59 Å². The summed E-state index contributed by atoms with van der Waals surface area (Å²) >= 11 is 0. The highest BCUT2D eigenvalue weighted by Crippen LogP contribution is 2.25. The Kier molecular flexibility index (Phi) is 3.32. The van der Waals surface area contributed by atoms with E-state index >= 15 is 0 Å². The largest absolute Gasteiger partial charge is 0.496 e. The molecule has 2 rings (SSSR count). The fraction of sp³-hybridized carbons (Fsp3) is 0.231. The molecule has 1 aromatic heterocycles. The lowest BCUT2D eigenvalue weighted by Gasteiger charge is -2.07. The highest BCUT2D eigenvalue weighted by molar-refractivity contribution is 6.05. The van der Waals surface area contributed by atoms with Crippen molar-refractivity contribution in [3.8, 4) is 5.75 Å². The molecule has 0 amide bonds. The fourth-order valence-electron chi connectivity index (χ4n) is 1.74. The predicted molar refractivity (Wildman–Crippen MR) is 65.0 cm³/mol. The van der Waals surface area contributed by atoms with Crippen LogP contribution in [0.2, 0.25) is 0 Å². The van der Waals surface area contributed by atoms with Gasteiger partial charge in [0.1, 0.15) is 23.0 Å². The number of carbonyl (C=O) groups is 1. The Morgan fingerprint density at radius 1 is 1.39 bits per heavy atom. The minimum Gasteiger partial charge on any atom is -0.496 e. The van der Waals surface area contributed by atoms with E-state index in [4.69, 9.17) is 13.9 Å². The number of benzene rings is 1. The molecule has 1 aromatic carbocycles. The summed E-state index contributed by atoms with van der Waals surface area (Å²) in [5.41, 5.74) is -0.333. The summed E-state index contributed by atoms with van der Waals surface area (Å²) in [5.74, 6) is -0.160. The summed E-state index contributed by atoms with van der Waals surface area (Å²) in [6.45, 7) is 1.96. The normalized spacial score (nSPS) is 10.3. The Hall–Kier alpha value is -2.30. The number of fused-ring (bicyclic) bond motifs is 1. The molecule has 2 aromatic rings. The Labute approximate surface area is 103 Å². The highest BCUT2D eigenvalue weighted by atomic mass is 16.5. The summed E-state index contributed by atoms with van der Waals surface area (Å²) < 4.78 is 14.8. The lowest BCUT2D eigenvalue weighted by atomic mass is 10.1. The van der Waals surface area contributed by atoms with Crippen molar-refractivity contribution in [3.63, 3.8) is 0 Å². The van der Waals surface area contributed by atoms with Crippen LogP contribution in [-0.4, -0.2) is 19.7 Å². The molecular weight excluding hydrogens is 236 g/mol. The van der Waals surface area contributed by atoms with E-state index in [1.54, 1.807) is 25.1 Å². The standard InChI is InChI=1S/C13H12O5/c1-3-17-12(14)9-7-18-13(15)11-8(9)5-4-6-10(11)16-2/h4-7H,3H2,1-2H3. The second kappa shape index (κ2) is 4.91. The van der Waals surface area contributed by atoms with Crippen LogP contribution in [0.25, 0.3) is 10.8 Å². The van der Waals surface area contributed by atoms with E-state index in [0.717, 1.165) is 6.26 Å². The van der Waals surface area contributed by atoms with E-state index in [1.807, 2.05) is 0 Å². The van der Waals surface area contributed by atoms with Crippen molar-refractivity contribution in [2.45, 2.75) is 6.92 Å². The smallest absolute Gasteiger partial charge is 0.347 e. The van der Waals surface area contributed by atoms with Crippen LogP contribution in [0.1, 0.15) is 17.3 Å². The van der Waals surface area contributed by atoms with Gasteiger partial charge in [-0.05, 0) is 13.0 Å². The molecule has 18 heavy (non-hydrogen) atoms. The van der Waals surface area contributed by atoms with Crippen LogP contribution in [0.3, 0.4) is 0 Å². The van der Waals surface area contributed by atoms with Gasteiger partial charge < -0.3 is 13.9 Å².